The first-order valence-electron chi connectivity index (χ1n) is 6.95. The Kier molecular flexibility index (Phi) is 7.28. The molecule has 0 saturated carbocycles. The van der Waals surface area contributed by atoms with E-state index in [0.717, 1.165) is 27.7 Å². The van der Waals surface area contributed by atoms with Gasteiger partial charge in [0.25, 0.3) is 0 Å². The van der Waals surface area contributed by atoms with Crippen LogP contribution in [0.1, 0.15) is 6.42 Å². The molecule has 0 bridgehead atoms. The molecule has 4 nitrogen and oxygen atoms in total. The highest BCUT2D eigenvalue weighted by atomic mass is 32.2. The molecule has 0 saturated heterocycles. The van der Waals surface area contributed by atoms with Crippen LogP contribution in [0, 0.1) is 0 Å². The van der Waals surface area contributed by atoms with Crippen LogP contribution in [0.3, 0.4) is 0 Å². The van der Waals surface area contributed by atoms with Gasteiger partial charge in [0.05, 0.1) is 17.6 Å². The molecule has 1 aromatic heterocycles. The van der Waals surface area contributed by atoms with E-state index in [-0.39, 0.29) is 12.5 Å². The maximum Gasteiger partial charge on any atom is 0.234 e. The molecule has 0 aliphatic heterocycles. The van der Waals surface area contributed by atoms with Crippen molar-refractivity contribution >= 4 is 35.1 Å². The van der Waals surface area contributed by atoms with E-state index in [9.17, 15) is 4.79 Å². The van der Waals surface area contributed by atoms with Crippen LogP contribution < -0.4 is 5.32 Å². The second-order valence-corrected chi connectivity index (χ2v) is 6.63. The first-order valence-corrected chi connectivity index (χ1v) is 8.92. The Morgan fingerprint density at radius 1 is 1.18 bits per heavy atom. The van der Waals surface area contributed by atoms with E-state index in [4.69, 9.17) is 5.11 Å². The average molecular weight is 334 g/mol. The van der Waals surface area contributed by atoms with Gasteiger partial charge < -0.3 is 10.4 Å². The number of aromatic nitrogens is 1. The number of hydrogen-bond donors (Lipinski definition) is 2. The first-order chi connectivity index (χ1) is 10.8. The van der Waals surface area contributed by atoms with Gasteiger partial charge in [-0.05, 0) is 24.6 Å². The number of rotatable bonds is 8. The molecular formula is C16H18N2O2S2. The van der Waals surface area contributed by atoms with Gasteiger partial charge in [0.1, 0.15) is 0 Å². The topological polar surface area (TPSA) is 62.2 Å². The fourth-order valence-corrected chi connectivity index (χ4v) is 3.33. The number of aliphatic hydroxyl groups excluding tert-OH is 1. The number of carbonyl (C=O) groups is 1. The van der Waals surface area contributed by atoms with Crippen LogP contribution in [0.2, 0.25) is 0 Å². The summed E-state index contributed by atoms with van der Waals surface area (Å²) in [5.41, 5.74) is 0.726. The van der Waals surface area contributed by atoms with E-state index in [0.29, 0.717) is 5.75 Å². The van der Waals surface area contributed by atoms with E-state index >= 15 is 0 Å². The van der Waals surface area contributed by atoms with Crippen molar-refractivity contribution in [3.8, 4) is 0 Å². The van der Waals surface area contributed by atoms with Gasteiger partial charge in [-0.2, -0.15) is 0 Å². The highest BCUT2D eigenvalue weighted by Gasteiger charge is 2.08. The first kappa shape index (κ1) is 16.9. The van der Waals surface area contributed by atoms with Gasteiger partial charge in [-0.1, -0.05) is 18.2 Å². The third kappa shape index (κ3) is 5.71. The number of benzene rings is 1. The lowest BCUT2D eigenvalue weighted by Gasteiger charge is -2.10. The normalized spacial score (nSPS) is 10.4. The Balaban J connectivity index is 1.88. The van der Waals surface area contributed by atoms with Crippen molar-refractivity contribution in [1.82, 2.24) is 4.98 Å². The summed E-state index contributed by atoms with van der Waals surface area (Å²) in [5.74, 6) is 1.12. The largest absolute Gasteiger partial charge is 0.396 e. The molecule has 0 fully saturated rings. The fraction of sp³-hybridized carbons (Fsp3) is 0.250. The van der Waals surface area contributed by atoms with Gasteiger partial charge in [-0.15, -0.1) is 23.5 Å². The molecule has 2 rings (SSSR count). The Morgan fingerprint density at radius 3 is 2.77 bits per heavy atom. The number of thioether (sulfide) groups is 2. The van der Waals surface area contributed by atoms with Crippen molar-refractivity contribution in [2.45, 2.75) is 16.2 Å². The Bertz CT molecular complexity index is 594. The Hall–Kier alpha value is -1.50. The van der Waals surface area contributed by atoms with Crippen LogP contribution in [0.4, 0.5) is 5.69 Å². The molecule has 1 heterocycles. The summed E-state index contributed by atoms with van der Waals surface area (Å²) in [6.07, 6.45) is 4.09. The number of hydrogen-bond acceptors (Lipinski definition) is 5. The number of amides is 1. The zero-order chi connectivity index (χ0) is 15.6. The van der Waals surface area contributed by atoms with Gasteiger partial charge >= 0.3 is 0 Å². The minimum absolute atomic E-state index is 0.0501. The Labute approximate surface area is 138 Å². The van der Waals surface area contributed by atoms with E-state index in [1.165, 1.54) is 11.8 Å². The lowest BCUT2D eigenvalue weighted by Crippen LogP contribution is -2.14. The van der Waals surface area contributed by atoms with E-state index in [1.54, 1.807) is 24.2 Å². The van der Waals surface area contributed by atoms with E-state index in [1.807, 2.05) is 36.4 Å². The zero-order valence-corrected chi connectivity index (χ0v) is 13.7. The van der Waals surface area contributed by atoms with Gasteiger partial charge in [0.15, 0.2) is 0 Å². The molecule has 0 radical (unpaired) electrons. The summed E-state index contributed by atoms with van der Waals surface area (Å²) in [5, 5.41) is 11.7. The Morgan fingerprint density at radius 2 is 2.00 bits per heavy atom. The fourth-order valence-electron chi connectivity index (χ4n) is 1.70. The molecule has 0 spiro atoms. The van der Waals surface area contributed by atoms with Gasteiger partial charge in [0, 0.05) is 28.3 Å². The predicted molar refractivity (Wildman–Crippen MR) is 92.5 cm³/mol. The minimum Gasteiger partial charge on any atom is -0.396 e. The molecule has 1 amide bonds. The number of pyridine rings is 1. The van der Waals surface area contributed by atoms with Crippen LogP contribution in [0.5, 0.6) is 0 Å². The van der Waals surface area contributed by atoms with Gasteiger partial charge in [0.2, 0.25) is 5.91 Å². The monoisotopic (exact) mass is 334 g/mol. The summed E-state index contributed by atoms with van der Waals surface area (Å²) in [7, 11) is 0. The van der Waals surface area contributed by atoms with Crippen LogP contribution in [0.15, 0.2) is 58.6 Å². The number of aliphatic hydroxyl groups is 1. The highest BCUT2D eigenvalue weighted by Crippen LogP contribution is 2.27. The maximum absolute atomic E-state index is 12.1. The van der Waals surface area contributed by atoms with Crippen molar-refractivity contribution < 1.29 is 9.90 Å². The molecule has 0 aliphatic rings. The second kappa shape index (κ2) is 9.50. The SMILES string of the molecule is O=C(CSc1ccccc1)Nc1cnccc1SCCCO. The molecule has 0 unspecified atom stereocenters. The number of nitrogens with zero attached hydrogens (tertiary/aromatic N) is 1. The van der Waals surface area contributed by atoms with Crippen LogP contribution >= 0.6 is 23.5 Å². The van der Waals surface area contributed by atoms with Crippen LogP contribution in [0.25, 0.3) is 0 Å². The quantitative estimate of drug-likeness (QED) is 0.573. The molecule has 2 N–H and O–H groups in total. The highest BCUT2D eigenvalue weighted by molar-refractivity contribution is 8.00. The van der Waals surface area contributed by atoms with Gasteiger partial charge in [-0.3, -0.25) is 9.78 Å². The lowest BCUT2D eigenvalue weighted by atomic mass is 10.4. The summed E-state index contributed by atoms with van der Waals surface area (Å²) in [4.78, 5) is 18.2. The summed E-state index contributed by atoms with van der Waals surface area (Å²) in [6, 6.07) is 11.7. The second-order valence-electron chi connectivity index (χ2n) is 4.45. The number of anilines is 1. The maximum atomic E-state index is 12.1. The summed E-state index contributed by atoms with van der Waals surface area (Å²) in [6.45, 7) is 0.174. The van der Waals surface area contributed by atoms with Gasteiger partial charge in [-0.25, -0.2) is 0 Å². The third-order valence-corrected chi connectivity index (χ3v) is 4.90. The van der Waals surface area contributed by atoms with Crippen molar-refractivity contribution in [1.29, 1.82) is 0 Å². The van der Waals surface area contributed by atoms with Crippen LogP contribution in [-0.2, 0) is 4.79 Å². The molecule has 1 aromatic carbocycles. The predicted octanol–water partition coefficient (Wildman–Crippen LogP) is 3.29. The third-order valence-electron chi connectivity index (χ3n) is 2.73. The lowest BCUT2D eigenvalue weighted by molar-refractivity contribution is -0.113. The molecule has 22 heavy (non-hydrogen) atoms. The molecular weight excluding hydrogens is 316 g/mol. The molecule has 0 atom stereocenters. The van der Waals surface area contributed by atoms with E-state index < -0.39 is 0 Å². The van der Waals surface area contributed by atoms with Crippen molar-refractivity contribution in [3.63, 3.8) is 0 Å². The number of carbonyl (C=O) groups excluding carboxylic acids is 1. The average Bonchev–Trinajstić information content (AvgIpc) is 2.56. The molecule has 116 valence electrons. The molecule has 2 aromatic rings. The molecule has 6 heteroatoms. The standard InChI is InChI=1S/C16H18N2O2S2/c19-9-4-10-21-15-7-8-17-11-14(15)18-16(20)12-22-13-5-2-1-3-6-13/h1-3,5-8,11,19H,4,9-10,12H2,(H,18,20). The van der Waals surface area contributed by atoms with Crippen molar-refractivity contribution in [2.24, 2.45) is 0 Å². The summed E-state index contributed by atoms with van der Waals surface area (Å²) < 4.78 is 0. The van der Waals surface area contributed by atoms with Crippen molar-refractivity contribution in [2.75, 3.05) is 23.4 Å². The zero-order valence-electron chi connectivity index (χ0n) is 12.1. The van der Waals surface area contributed by atoms with E-state index in [2.05, 4.69) is 10.3 Å². The minimum atomic E-state index is -0.0501. The smallest absolute Gasteiger partial charge is 0.234 e. The van der Waals surface area contributed by atoms with Crippen LogP contribution in [-0.4, -0.2) is 34.1 Å². The molecule has 0 aliphatic carbocycles. The number of nitrogens with one attached hydrogen (secondary N) is 1. The summed E-state index contributed by atoms with van der Waals surface area (Å²) >= 11 is 3.11. The van der Waals surface area contributed by atoms with Crippen molar-refractivity contribution in [3.05, 3.63) is 48.8 Å².